The third-order valence-corrected chi connectivity index (χ3v) is 2.98. The molecule has 0 aliphatic rings. The predicted octanol–water partition coefficient (Wildman–Crippen LogP) is 1.83. The Kier molecular flexibility index (Phi) is 5.36. The van der Waals surface area contributed by atoms with Crippen molar-refractivity contribution in [2.24, 2.45) is 0 Å². The minimum atomic E-state index is -0.218. The lowest BCUT2D eigenvalue weighted by Crippen LogP contribution is -2.36. The molecule has 0 radical (unpaired) electrons. The van der Waals surface area contributed by atoms with Crippen LogP contribution in [-0.4, -0.2) is 25.2 Å². The van der Waals surface area contributed by atoms with Crippen molar-refractivity contribution in [3.63, 3.8) is 0 Å². The molecule has 3 nitrogen and oxygen atoms in total. The first-order valence-corrected chi connectivity index (χ1v) is 6.04. The Labute approximate surface area is 94.5 Å². The van der Waals surface area contributed by atoms with Gasteiger partial charge in [0.2, 0.25) is 0 Å². The molecule has 0 aliphatic carbocycles. The zero-order valence-electron chi connectivity index (χ0n) is 9.16. The van der Waals surface area contributed by atoms with E-state index < -0.39 is 0 Å². The van der Waals surface area contributed by atoms with Crippen LogP contribution in [0.2, 0.25) is 0 Å². The van der Waals surface area contributed by atoms with Gasteiger partial charge in [-0.1, -0.05) is 6.07 Å². The van der Waals surface area contributed by atoms with Crippen molar-refractivity contribution in [1.29, 1.82) is 0 Å². The van der Waals surface area contributed by atoms with Crippen LogP contribution >= 0.6 is 11.3 Å². The van der Waals surface area contributed by atoms with Crippen molar-refractivity contribution in [3.05, 3.63) is 22.4 Å². The van der Waals surface area contributed by atoms with Gasteiger partial charge < -0.3 is 10.1 Å². The molecule has 15 heavy (non-hydrogen) atoms. The molecule has 0 aliphatic heterocycles. The lowest BCUT2D eigenvalue weighted by molar-refractivity contribution is -0.145. The molecule has 1 heterocycles. The highest BCUT2D eigenvalue weighted by Crippen LogP contribution is 2.08. The molecule has 84 valence electrons. The van der Waals surface area contributed by atoms with E-state index in [0.29, 0.717) is 6.61 Å². The fraction of sp³-hybridized carbons (Fsp3) is 0.545. The van der Waals surface area contributed by atoms with E-state index in [1.807, 2.05) is 19.9 Å². The summed E-state index contributed by atoms with van der Waals surface area (Å²) in [6, 6.07) is 3.92. The number of carbonyl (C=O) groups excluding carboxylic acids is 1. The van der Waals surface area contributed by atoms with Crippen molar-refractivity contribution in [3.8, 4) is 0 Å². The maximum Gasteiger partial charge on any atom is 0.322 e. The van der Waals surface area contributed by atoms with Crippen LogP contribution in [0.4, 0.5) is 0 Å². The SMILES string of the molecule is CCOC(=O)C(C)NCCc1cccs1. The van der Waals surface area contributed by atoms with Crippen LogP contribution in [0.15, 0.2) is 17.5 Å². The first-order chi connectivity index (χ1) is 7.24. The summed E-state index contributed by atoms with van der Waals surface area (Å²) in [7, 11) is 0. The van der Waals surface area contributed by atoms with Crippen LogP contribution in [0.25, 0.3) is 0 Å². The smallest absolute Gasteiger partial charge is 0.322 e. The molecule has 0 saturated heterocycles. The average Bonchev–Trinajstić information content (AvgIpc) is 2.71. The molecule has 1 unspecified atom stereocenters. The summed E-state index contributed by atoms with van der Waals surface area (Å²) in [5.74, 6) is -0.177. The molecule has 0 fully saturated rings. The Morgan fingerprint density at radius 2 is 2.47 bits per heavy atom. The van der Waals surface area contributed by atoms with Crippen molar-refractivity contribution >= 4 is 17.3 Å². The Balaban J connectivity index is 2.17. The van der Waals surface area contributed by atoms with E-state index in [9.17, 15) is 4.79 Å². The van der Waals surface area contributed by atoms with E-state index in [2.05, 4.69) is 16.8 Å². The minimum absolute atomic E-state index is 0.177. The number of thiophene rings is 1. The number of hydrogen-bond acceptors (Lipinski definition) is 4. The number of carbonyl (C=O) groups is 1. The number of ether oxygens (including phenoxy) is 1. The fourth-order valence-corrected chi connectivity index (χ4v) is 1.93. The van der Waals surface area contributed by atoms with Crippen LogP contribution in [-0.2, 0) is 16.0 Å². The first kappa shape index (κ1) is 12.2. The average molecular weight is 227 g/mol. The molecule has 4 heteroatoms. The normalized spacial score (nSPS) is 12.4. The van der Waals surface area contributed by atoms with Gasteiger partial charge in [-0.15, -0.1) is 11.3 Å². The largest absolute Gasteiger partial charge is 0.465 e. The summed E-state index contributed by atoms with van der Waals surface area (Å²) in [4.78, 5) is 12.6. The van der Waals surface area contributed by atoms with Crippen molar-refractivity contribution < 1.29 is 9.53 Å². The van der Waals surface area contributed by atoms with Crippen molar-refractivity contribution in [2.75, 3.05) is 13.2 Å². The summed E-state index contributed by atoms with van der Waals surface area (Å²) >= 11 is 1.74. The van der Waals surface area contributed by atoms with E-state index >= 15 is 0 Å². The van der Waals surface area contributed by atoms with Gasteiger partial charge in [0, 0.05) is 11.4 Å². The van der Waals surface area contributed by atoms with Crippen LogP contribution in [0.5, 0.6) is 0 Å². The molecule has 1 N–H and O–H groups in total. The zero-order valence-corrected chi connectivity index (χ0v) is 9.97. The minimum Gasteiger partial charge on any atom is -0.465 e. The number of esters is 1. The number of hydrogen-bond donors (Lipinski definition) is 1. The molecule has 0 amide bonds. The number of nitrogens with one attached hydrogen (secondary N) is 1. The van der Waals surface area contributed by atoms with Gasteiger partial charge in [-0.25, -0.2) is 0 Å². The molecule has 1 aromatic heterocycles. The Hall–Kier alpha value is -0.870. The molecule has 0 aromatic carbocycles. The van der Waals surface area contributed by atoms with E-state index in [-0.39, 0.29) is 12.0 Å². The topological polar surface area (TPSA) is 38.3 Å². The maximum atomic E-state index is 11.3. The second kappa shape index (κ2) is 6.58. The molecule has 0 saturated carbocycles. The van der Waals surface area contributed by atoms with Crippen molar-refractivity contribution in [2.45, 2.75) is 26.3 Å². The quantitative estimate of drug-likeness (QED) is 0.754. The Bertz CT molecular complexity index is 285. The highest BCUT2D eigenvalue weighted by Gasteiger charge is 2.12. The second-order valence-electron chi connectivity index (χ2n) is 3.26. The lowest BCUT2D eigenvalue weighted by Gasteiger charge is -2.11. The number of rotatable bonds is 6. The summed E-state index contributed by atoms with van der Waals surface area (Å²) in [6.45, 7) is 4.89. The van der Waals surface area contributed by atoms with Crippen LogP contribution < -0.4 is 5.32 Å². The van der Waals surface area contributed by atoms with E-state index in [1.165, 1.54) is 4.88 Å². The molecule has 1 atom stereocenters. The molecule has 1 rings (SSSR count). The zero-order chi connectivity index (χ0) is 11.1. The summed E-state index contributed by atoms with van der Waals surface area (Å²) in [6.07, 6.45) is 0.960. The maximum absolute atomic E-state index is 11.3. The molecule has 0 bridgehead atoms. The second-order valence-corrected chi connectivity index (χ2v) is 4.29. The molecular formula is C11H17NO2S. The molecular weight excluding hydrogens is 210 g/mol. The Morgan fingerprint density at radius 1 is 1.67 bits per heavy atom. The van der Waals surface area contributed by atoms with Gasteiger partial charge in [0.1, 0.15) is 6.04 Å². The van der Waals surface area contributed by atoms with Gasteiger partial charge >= 0.3 is 5.97 Å². The summed E-state index contributed by atoms with van der Waals surface area (Å²) < 4.78 is 4.89. The monoisotopic (exact) mass is 227 g/mol. The highest BCUT2D eigenvalue weighted by molar-refractivity contribution is 7.09. The standard InChI is InChI=1S/C11H17NO2S/c1-3-14-11(13)9(2)12-7-6-10-5-4-8-15-10/h4-5,8-9,12H,3,6-7H2,1-2H3. The summed E-state index contributed by atoms with van der Waals surface area (Å²) in [5, 5.41) is 5.20. The van der Waals surface area contributed by atoms with Gasteiger partial charge in [-0.3, -0.25) is 4.79 Å². The lowest BCUT2D eigenvalue weighted by atomic mass is 10.3. The highest BCUT2D eigenvalue weighted by atomic mass is 32.1. The van der Waals surface area contributed by atoms with Crippen LogP contribution in [0.3, 0.4) is 0 Å². The van der Waals surface area contributed by atoms with Gasteiger partial charge in [0.25, 0.3) is 0 Å². The van der Waals surface area contributed by atoms with Gasteiger partial charge in [-0.05, 0) is 31.7 Å². The van der Waals surface area contributed by atoms with E-state index in [4.69, 9.17) is 4.74 Å². The predicted molar refractivity (Wildman–Crippen MR) is 62.1 cm³/mol. The molecule has 1 aromatic rings. The third kappa shape index (κ3) is 4.44. The van der Waals surface area contributed by atoms with E-state index in [0.717, 1.165) is 13.0 Å². The van der Waals surface area contributed by atoms with Crippen LogP contribution in [0, 0.1) is 0 Å². The fourth-order valence-electron chi connectivity index (χ4n) is 1.22. The van der Waals surface area contributed by atoms with Crippen LogP contribution in [0.1, 0.15) is 18.7 Å². The van der Waals surface area contributed by atoms with Crippen molar-refractivity contribution in [1.82, 2.24) is 5.32 Å². The van der Waals surface area contributed by atoms with E-state index in [1.54, 1.807) is 11.3 Å². The first-order valence-electron chi connectivity index (χ1n) is 5.16. The Morgan fingerprint density at radius 3 is 3.07 bits per heavy atom. The summed E-state index contributed by atoms with van der Waals surface area (Å²) in [5.41, 5.74) is 0. The van der Waals surface area contributed by atoms with Gasteiger partial charge in [-0.2, -0.15) is 0 Å². The van der Waals surface area contributed by atoms with Gasteiger partial charge in [0.15, 0.2) is 0 Å². The molecule has 0 spiro atoms. The third-order valence-electron chi connectivity index (χ3n) is 2.04. The van der Waals surface area contributed by atoms with Gasteiger partial charge in [0.05, 0.1) is 6.61 Å².